The van der Waals surface area contributed by atoms with Crippen molar-refractivity contribution < 1.29 is 9.53 Å². The zero-order valence-corrected chi connectivity index (χ0v) is 14.9. The van der Waals surface area contributed by atoms with Crippen molar-refractivity contribution in [2.75, 3.05) is 14.2 Å². The molecular formula is C16H18BrNO2S. The molecule has 3 nitrogen and oxygen atoms in total. The van der Waals surface area contributed by atoms with Crippen molar-refractivity contribution >= 4 is 33.2 Å². The quantitative estimate of drug-likeness (QED) is 0.786. The van der Waals surface area contributed by atoms with Crippen LogP contribution in [0, 0.1) is 6.92 Å². The molecule has 2 rings (SSSR count). The van der Waals surface area contributed by atoms with Gasteiger partial charge in [-0.1, -0.05) is 15.9 Å². The van der Waals surface area contributed by atoms with Gasteiger partial charge in [0.15, 0.2) is 0 Å². The normalized spacial score (nSPS) is 12.0. The van der Waals surface area contributed by atoms with E-state index in [1.165, 1.54) is 9.75 Å². The van der Waals surface area contributed by atoms with Crippen LogP contribution in [0.15, 0.2) is 34.8 Å². The number of hydrogen-bond donors (Lipinski definition) is 0. The summed E-state index contributed by atoms with van der Waals surface area (Å²) in [7, 11) is 3.40. The summed E-state index contributed by atoms with van der Waals surface area (Å²) in [5, 5.41) is 0. The van der Waals surface area contributed by atoms with E-state index in [0.29, 0.717) is 11.3 Å². The highest BCUT2D eigenvalue weighted by atomic mass is 79.9. The van der Waals surface area contributed by atoms with Crippen LogP contribution in [0.25, 0.3) is 0 Å². The molecule has 0 saturated heterocycles. The smallest absolute Gasteiger partial charge is 0.257 e. The second kappa shape index (κ2) is 6.62. The highest BCUT2D eigenvalue weighted by molar-refractivity contribution is 9.10. The Morgan fingerprint density at radius 3 is 2.62 bits per heavy atom. The third-order valence-corrected chi connectivity index (χ3v) is 5.13. The highest BCUT2D eigenvalue weighted by Gasteiger charge is 2.22. The lowest BCUT2D eigenvalue weighted by molar-refractivity contribution is 0.0741. The number of hydrogen-bond acceptors (Lipinski definition) is 3. The van der Waals surface area contributed by atoms with Gasteiger partial charge in [0.25, 0.3) is 5.91 Å². The Labute approximate surface area is 137 Å². The number of rotatable bonds is 4. The molecule has 1 amide bonds. The van der Waals surface area contributed by atoms with E-state index in [-0.39, 0.29) is 11.9 Å². The largest absolute Gasteiger partial charge is 0.496 e. The maximum Gasteiger partial charge on any atom is 0.257 e. The summed E-state index contributed by atoms with van der Waals surface area (Å²) < 4.78 is 6.20. The van der Waals surface area contributed by atoms with E-state index in [4.69, 9.17) is 4.74 Å². The van der Waals surface area contributed by atoms with Crippen molar-refractivity contribution in [3.05, 3.63) is 50.1 Å². The summed E-state index contributed by atoms with van der Waals surface area (Å²) in [5.41, 5.74) is 0.573. The molecule has 112 valence electrons. The maximum atomic E-state index is 12.7. The fraction of sp³-hybridized carbons (Fsp3) is 0.312. The number of ether oxygens (including phenoxy) is 1. The van der Waals surface area contributed by atoms with E-state index in [9.17, 15) is 4.79 Å². The van der Waals surface area contributed by atoms with Crippen LogP contribution in [-0.2, 0) is 0 Å². The molecule has 0 aliphatic heterocycles. The van der Waals surface area contributed by atoms with Crippen molar-refractivity contribution in [1.82, 2.24) is 4.90 Å². The average Bonchev–Trinajstić information content (AvgIpc) is 2.91. The molecule has 21 heavy (non-hydrogen) atoms. The predicted octanol–water partition coefficient (Wildman–Crippen LogP) is 4.66. The topological polar surface area (TPSA) is 29.5 Å². The maximum absolute atomic E-state index is 12.7. The number of amides is 1. The van der Waals surface area contributed by atoms with E-state index in [0.717, 1.165) is 4.47 Å². The third kappa shape index (κ3) is 3.47. The van der Waals surface area contributed by atoms with Gasteiger partial charge in [0, 0.05) is 21.3 Å². The van der Waals surface area contributed by atoms with Crippen LogP contribution in [0.2, 0.25) is 0 Å². The molecule has 0 saturated carbocycles. The molecule has 5 heteroatoms. The lowest BCUT2D eigenvalue weighted by Crippen LogP contribution is -2.29. The van der Waals surface area contributed by atoms with E-state index in [1.54, 1.807) is 35.5 Å². The number of nitrogens with zero attached hydrogens (tertiary/aromatic N) is 1. The first-order valence-electron chi connectivity index (χ1n) is 6.61. The minimum absolute atomic E-state index is 0.0320. The first-order chi connectivity index (χ1) is 9.93. The van der Waals surface area contributed by atoms with Crippen LogP contribution < -0.4 is 4.74 Å². The van der Waals surface area contributed by atoms with Gasteiger partial charge in [-0.05, 0) is 44.2 Å². The molecule has 0 radical (unpaired) electrons. The van der Waals surface area contributed by atoms with Crippen molar-refractivity contribution in [3.8, 4) is 5.75 Å². The van der Waals surface area contributed by atoms with Crippen LogP contribution in [0.5, 0.6) is 5.75 Å². The van der Waals surface area contributed by atoms with Crippen molar-refractivity contribution in [2.45, 2.75) is 19.9 Å². The van der Waals surface area contributed by atoms with Crippen molar-refractivity contribution in [3.63, 3.8) is 0 Å². The molecule has 0 aliphatic carbocycles. The fourth-order valence-corrected chi connectivity index (χ4v) is 3.39. The predicted molar refractivity (Wildman–Crippen MR) is 90.3 cm³/mol. The standard InChI is InChI=1S/C16H18BrNO2S/c1-10-5-8-15(21-10)11(2)18(3)16(19)13-7-6-12(17)9-14(13)20-4/h5-9,11H,1-4H3. The second-order valence-corrected chi connectivity index (χ2v) is 7.12. The molecule has 1 aromatic heterocycles. The van der Waals surface area contributed by atoms with Crippen LogP contribution in [-0.4, -0.2) is 25.0 Å². The molecule has 0 bridgehead atoms. The average molecular weight is 368 g/mol. The summed E-state index contributed by atoms with van der Waals surface area (Å²) in [4.78, 5) is 16.9. The zero-order valence-electron chi connectivity index (χ0n) is 12.5. The summed E-state index contributed by atoms with van der Waals surface area (Å²) in [5.74, 6) is 0.536. The van der Waals surface area contributed by atoms with Gasteiger partial charge in [-0.3, -0.25) is 4.79 Å². The molecule has 1 aromatic carbocycles. The molecule has 1 heterocycles. The number of carbonyl (C=O) groups excluding carboxylic acids is 1. The molecule has 1 atom stereocenters. The summed E-state index contributed by atoms with van der Waals surface area (Å²) >= 11 is 5.10. The molecule has 1 unspecified atom stereocenters. The second-order valence-electron chi connectivity index (χ2n) is 4.89. The SMILES string of the molecule is COc1cc(Br)ccc1C(=O)N(C)C(C)c1ccc(C)s1. The first-order valence-corrected chi connectivity index (χ1v) is 8.22. The number of benzene rings is 1. The summed E-state index contributed by atoms with van der Waals surface area (Å²) in [6, 6.07) is 9.63. The van der Waals surface area contributed by atoms with E-state index >= 15 is 0 Å². The lowest BCUT2D eigenvalue weighted by atomic mass is 10.1. The molecule has 0 N–H and O–H groups in total. The van der Waals surface area contributed by atoms with Crippen molar-refractivity contribution in [1.29, 1.82) is 0 Å². The van der Waals surface area contributed by atoms with Gasteiger partial charge in [-0.2, -0.15) is 0 Å². The molecule has 0 aliphatic rings. The minimum atomic E-state index is -0.0436. The Kier molecular flexibility index (Phi) is 5.06. The Morgan fingerprint density at radius 2 is 2.05 bits per heavy atom. The van der Waals surface area contributed by atoms with Gasteiger partial charge in [0.05, 0.1) is 18.7 Å². The third-order valence-electron chi connectivity index (χ3n) is 3.47. The fourth-order valence-electron chi connectivity index (χ4n) is 2.08. The highest BCUT2D eigenvalue weighted by Crippen LogP contribution is 2.30. The van der Waals surface area contributed by atoms with Crippen LogP contribution in [0.3, 0.4) is 0 Å². The minimum Gasteiger partial charge on any atom is -0.496 e. The number of thiophene rings is 1. The van der Waals surface area contributed by atoms with Gasteiger partial charge < -0.3 is 9.64 Å². The van der Waals surface area contributed by atoms with Gasteiger partial charge in [0.1, 0.15) is 5.75 Å². The number of halogens is 1. The van der Waals surface area contributed by atoms with E-state index in [1.807, 2.05) is 20.0 Å². The molecular weight excluding hydrogens is 350 g/mol. The van der Waals surface area contributed by atoms with Gasteiger partial charge in [-0.15, -0.1) is 11.3 Å². The monoisotopic (exact) mass is 367 g/mol. The van der Waals surface area contributed by atoms with Crippen LogP contribution in [0.4, 0.5) is 0 Å². The lowest BCUT2D eigenvalue weighted by Gasteiger charge is -2.25. The molecule has 0 spiro atoms. The van der Waals surface area contributed by atoms with E-state index < -0.39 is 0 Å². The van der Waals surface area contributed by atoms with E-state index in [2.05, 4.69) is 35.0 Å². The Bertz CT molecular complexity index is 653. The summed E-state index contributed by atoms with van der Waals surface area (Å²) in [6.07, 6.45) is 0. The number of carbonyl (C=O) groups is 1. The summed E-state index contributed by atoms with van der Waals surface area (Å²) in [6.45, 7) is 4.11. The number of methoxy groups -OCH3 is 1. The van der Waals surface area contributed by atoms with Crippen LogP contribution >= 0.6 is 27.3 Å². The Morgan fingerprint density at radius 1 is 1.33 bits per heavy atom. The number of aryl methyl sites for hydroxylation is 1. The molecule has 0 fully saturated rings. The van der Waals surface area contributed by atoms with Gasteiger partial charge >= 0.3 is 0 Å². The molecule has 2 aromatic rings. The first kappa shape index (κ1) is 16.0. The Hall–Kier alpha value is -1.33. The zero-order chi connectivity index (χ0) is 15.6. The Balaban J connectivity index is 2.27. The van der Waals surface area contributed by atoms with Gasteiger partial charge in [0.2, 0.25) is 0 Å². The van der Waals surface area contributed by atoms with Crippen LogP contribution in [0.1, 0.15) is 33.1 Å². The van der Waals surface area contributed by atoms with Crippen molar-refractivity contribution in [2.24, 2.45) is 0 Å². The van der Waals surface area contributed by atoms with Gasteiger partial charge in [-0.25, -0.2) is 0 Å².